The van der Waals surface area contributed by atoms with Crippen LogP contribution >= 0.6 is 0 Å². The van der Waals surface area contributed by atoms with Crippen molar-refractivity contribution >= 4 is 16.9 Å². The second-order valence-corrected chi connectivity index (χ2v) is 5.29. The Kier molecular flexibility index (Phi) is 4.24. The summed E-state index contributed by atoms with van der Waals surface area (Å²) in [6.07, 6.45) is 3.67. The molecule has 1 aromatic heterocycles. The monoisotopic (exact) mass is 293 g/mol. The van der Waals surface area contributed by atoms with E-state index in [9.17, 15) is 4.79 Å². The highest BCUT2D eigenvalue weighted by Gasteiger charge is 2.13. The lowest BCUT2D eigenvalue weighted by atomic mass is 10.0. The number of nitrogens with one attached hydrogen (secondary N) is 1. The fraction of sp³-hybridized carbons (Fsp3) is 0.211. The number of esters is 1. The number of fused-ring (bicyclic) bond motifs is 1. The second kappa shape index (κ2) is 6.48. The van der Waals surface area contributed by atoms with Crippen LogP contribution in [0.5, 0.6) is 0 Å². The van der Waals surface area contributed by atoms with E-state index in [0.717, 1.165) is 23.7 Å². The highest BCUT2D eigenvalue weighted by Crippen LogP contribution is 2.21. The number of carbonyl (C=O) groups is 1. The summed E-state index contributed by atoms with van der Waals surface area (Å²) in [4.78, 5) is 15.1. The number of ether oxygens (including phenoxy) is 1. The molecule has 22 heavy (non-hydrogen) atoms. The first kappa shape index (κ1) is 14.4. The predicted molar refractivity (Wildman–Crippen MR) is 88.1 cm³/mol. The van der Waals surface area contributed by atoms with E-state index in [4.69, 9.17) is 4.74 Å². The third kappa shape index (κ3) is 3.03. The van der Waals surface area contributed by atoms with Crippen LogP contribution in [0.25, 0.3) is 10.9 Å². The van der Waals surface area contributed by atoms with Crippen LogP contribution in [0.3, 0.4) is 0 Å². The predicted octanol–water partition coefficient (Wildman–Crippen LogP) is 4.13. The van der Waals surface area contributed by atoms with Gasteiger partial charge in [0.1, 0.15) is 0 Å². The molecule has 2 aromatic carbocycles. The Labute approximate surface area is 129 Å². The van der Waals surface area contributed by atoms with Gasteiger partial charge in [0, 0.05) is 17.1 Å². The molecule has 0 amide bonds. The van der Waals surface area contributed by atoms with Gasteiger partial charge in [-0.1, -0.05) is 36.4 Å². The molecule has 3 heteroatoms. The molecule has 0 unspecified atom stereocenters. The number of hydrogen-bond donors (Lipinski definition) is 1. The Morgan fingerprint density at radius 2 is 1.82 bits per heavy atom. The number of carbonyl (C=O) groups excluding carboxylic acids is 1. The smallest absolute Gasteiger partial charge is 0.340 e. The van der Waals surface area contributed by atoms with Gasteiger partial charge >= 0.3 is 5.97 Å². The zero-order valence-electron chi connectivity index (χ0n) is 12.6. The SMILES string of the molecule is CCOC(=O)c1c[nH]c2ccc(CCc3ccccc3)cc12. The van der Waals surface area contributed by atoms with E-state index < -0.39 is 0 Å². The van der Waals surface area contributed by atoms with E-state index in [1.165, 1.54) is 11.1 Å². The van der Waals surface area contributed by atoms with Crippen molar-refractivity contribution in [1.29, 1.82) is 0 Å². The fourth-order valence-electron chi connectivity index (χ4n) is 2.63. The quantitative estimate of drug-likeness (QED) is 0.719. The zero-order chi connectivity index (χ0) is 15.4. The molecule has 0 atom stereocenters. The van der Waals surface area contributed by atoms with Gasteiger partial charge in [-0.25, -0.2) is 4.79 Å². The molecule has 0 aliphatic heterocycles. The Bertz CT molecular complexity index is 774. The molecule has 0 bridgehead atoms. The van der Waals surface area contributed by atoms with Crippen molar-refractivity contribution in [2.75, 3.05) is 6.61 Å². The van der Waals surface area contributed by atoms with Gasteiger partial charge in [0.25, 0.3) is 0 Å². The average Bonchev–Trinajstić information content (AvgIpc) is 2.97. The van der Waals surface area contributed by atoms with Crippen LogP contribution in [0.4, 0.5) is 0 Å². The van der Waals surface area contributed by atoms with E-state index in [0.29, 0.717) is 12.2 Å². The number of hydrogen-bond acceptors (Lipinski definition) is 2. The van der Waals surface area contributed by atoms with E-state index in [-0.39, 0.29) is 5.97 Å². The molecular weight excluding hydrogens is 274 g/mol. The van der Waals surface area contributed by atoms with Crippen molar-refractivity contribution in [3.8, 4) is 0 Å². The summed E-state index contributed by atoms with van der Waals surface area (Å²) in [5, 5.41) is 0.934. The lowest BCUT2D eigenvalue weighted by molar-refractivity contribution is 0.0529. The maximum Gasteiger partial charge on any atom is 0.340 e. The van der Waals surface area contributed by atoms with Crippen LogP contribution in [0.2, 0.25) is 0 Å². The minimum Gasteiger partial charge on any atom is -0.462 e. The first-order valence-electron chi connectivity index (χ1n) is 7.59. The summed E-state index contributed by atoms with van der Waals surface area (Å²) in [6, 6.07) is 16.6. The van der Waals surface area contributed by atoms with Gasteiger partial charge in [0.05, 0.1) is 12.2 Å². The maximum atomic E-state index is 12.0. The molecule has 3 rings (SSSR count). The molecule has 1 N–H and O–H groups in total. The van der Waals surface area contributed by atoms with Gasteiger partial charge in [-0.3, -0.25) is 0 Å². The highest BCUT2D eigenvalue weighted by molar-refractivity contribution is 6.04. The number of aromatic amines is 1. The Morgan fingerprint density at radius 3 is 2.59 bits per heavy atom. The third-order valence-corrected chi connectivity index (χ3v) is 3.79. The third-order valence-electron chi connectivity index (χ3n) is 3.79. The molecule has 1 heterocycles. The largest absolute Gasteiger partial charge is 0.462 e. The lowest BCUT2D eigenvalue weighted by Crippen LogP contribution is -2.03. The molecule has 112 valence electrons. The van der Waals surface area contributed by atoms with Crippen molar-refractivity contribution in [1.82, 2.24) is 4.98 Å². The number of aryl methyl sites for hydroxylation is 2. The van der Waals surface area contributed by atoms with E-state index >= 15 is 0 Å². The molecule has 0 aliphatic carbocycles. The molecule has 0 aliphatic rings. The van der Waals surface area contributed by atoms with E-state index in [1.54, 1.807) is 6.20 Å². The molecular formula is C19H19NO2. The van der Waals surface area contributed by atoms with Crippen molar-refractivity contribution in [2.24, 2.45) is 0 Å². The number of aromatic nitrogens is 1. The molecule has 0 saturated carbocycles. The molecule has 3 aromatic rings. The van der Waals surface area contributed by atoms with Crippen LogP contribution < -0.4 is 0 Å². The van der Waals surface area contributed by atoms with E-state index in [2.05, 4.69) is 41.4 Å². The summed E-state index contributed by atoms with van der Waals surface area (Å²) in [6.45, 7) is 2.21. The van der Waals surface area contributed by atoms with Gasteiger partial charge in [-0.05, 0) is 43.0 Å². The molecule has 0 spiro atoms. The van der Waals surface area contributed by atoms with Gasteiger partial charge in [0.2, 0.25) is 0 Å². The Hall–Kier alpha value is -2.55. The minimum atomic E-state index is -0.269. The molecule has 3 nitrogen and oxygen atoms in total. The van der Waals surface area contributed by atoms with Gasteiger partial charge in [0.15, 0.2) is 0 Å². The second-order valence-electron chi connectivity index (χ2n) is 5.29. The highest BCUT2D eigenvalue weighted by atomic mass is 16.5. The van der Waals surface area contributed by atoms with Crippen LogP contribution in [-0.4, -0.2) is 17.6 Å². The maximum absolute atomic E-state index is 12.0. The minimum absolute atomic E-state index is 0.269. The first-order valence-corrected chi connectivity index (χ1v) is 7.59. The molecule has 0 radical (unpaired) electrons. The molecule has 0 fully saturated rings. The normalized spacial score (nSPS) is 10.8. The molecule has 0 saturated heterocycles. The van der Waals surface area contributed by atoms with E-state index in [1.807, 2.05) is 19.1 Å². The number of rotatable bonds is 5. The Morgan fingerprint density at radius 1 is 1.05 bits per heavy atom. The number of benzene rings is 2. The van der Waals surface area contributed by atoms with Gasteiger partial charge < -0.3 is 9.72 Å². The van der Waals surface area contributed by atoms with Crippen molar-refractivity contribution in [3.63, 3.8) is 0 Å². The van der Waals surface area contributed by atoms with Crippen LogP contribution in [-0.2, 0) is 17.6 Å². The summed E-state index contributed by atoms with van der Waals surface area (Å²) in [5.74, 6) is -0.269. The zero-order valence-corrected chi connectivity index (χ0v) is 12.6. The lowest BCUT2D eigenvalue weighted by Gasteiger charge is -2.04. The van der Waals surface area contributed by atoms with Crippen molar-refractivity contribution < 1.29 is 9.53 Å². The van der Waals surface area contributed by atoms with Crippen LogP contribution in [0.15, 0.2) is 54.7 Å². The summed E-state index contributed by atoms with van der Waals surface area (Å²) in [5.41, 5.74) is 4.12. The summed E-state index contributed by atoms with van der Waals surface area (Å²) >= 11 is 0. The summed E-state index contributed by atoms with van der Waals surface area (Å²) in [7, 11) is 0. The topological polar surface area (TPSA) is 42.1 Å². The summed E-state index contributed by atoms with van der Waals surface area (Å²) < 4.78 is 5.10. The van der Waals surface area contributed by atoms with Gasteiger partial charge in [-0.15, -0.1) is 0 Å². The van der Waals surface area contributed by atoms with Crippen molar-refractivity contribution in [3.05, 3.63) is 71.4 Å². The average molecular weight is 293 g/mol. The number of H-pyrrole nitrogens is 1. The van der Waals surface area contributed by atoms with Crippen molar-refractivity contribution in [2.45, 2.75) is 19.8 Å². The Balaban J connectivity index is 1.82. The standard InChI is InChI=1S/C19H19NO2/c1-2-22-19(21)17-13-20-18-11-10-15(12-16(17)18)9-8-14-6-4-3-5-7-14/h3-7,10-13,20H,2,8-9H2,1H3. The van der Waals surface area contributed by atoms with Gasteiger partial charge in [-0.2, -0.15) is 0 Å². The van der Waals surface area contributed by atoms with Crippen LogP contribution in [0.1, 0.15) is 28.4 Å². The fourth-order valence-corrected chi connectivity index (χ4v) is 2.63. The first-order chi connectivity index (χ1) is 10.8. The van der Waals surface area contributed by atoms with Crippen LogP contribution in [0, 0.1) is 0 Å².